The molecule has 0 radical (unpaired) electrons. The minimum atomic E-state index is -0.499. The van der Waals surface area contributed by atoms with Gasteiger partial charge in [0.1, 0.15) is 23.7 Å². The Balaban J connectivity index is 1.38. The van der Waals surface area contributed by atoms with E-state index in [-0.39, 0.29) is 5.02 Å². The number of hydrogen-bond donors (Lipinski definition) is 2. The molecule has 0 aliphatic carbocycles. The van der Waals surface area contributed by atoms with Gasteiger partial charge in [-0.1, -0.05) is 11.6 Å². The van der Waals surface area contributed by atoms with Crippen molar-refractivity contribution in [1.29, 1.82) is 0 Å². The van der Waals surface area contributed by atoms with Crippen LogP contribution in [0.4, 0.5) is 15.9 Å². The normalized spacial score (nSPS) is 10.8. The van der Waals surface area contributed by atoms with E-state index in [4.69, 9.17) is 31.5 Å². The second kappa shape index (κ2) is 11.5. The number of ether oxygens (including phenoxy) is 3. The van der Waals surface area contributed by atoms with Crippen LogP contribution in [0.15, 0.2) is 60.9 Å². The van der Waals surface area contributed by atoms with Gasteiger partial charge in [-0.25, -0.2) is 14.4 Å². The van der Waals surface area contributed by atoms with E-state index in [1.54, 1.807) is 49.6 Å². The predicted molar refractivity (Wildman–Crippen MR) is 136 cm³/mol. The van der Waals surface area contributed by atoms with Crippen molar-refractivity contribution in [2.75, 3.05) is 25.6 Å². The summed E-state index contributed by atoms with van der Waals surface area (Å²) < 4.78 is 30.7. The second-order valence-corrected chi connectivity index (χ2v) is 8.20. The zero-order chi connectivity index (χ0) is 25.5. The van der Waals surface area contributed by atoms with Gasteiger partial charge in [0, 0.05) is 22.7 Å². The first-order valence-electron chi connectivity index (χ1n) is 11.1. The summed E-state index contributed by atoms with van der Waals surface area (Å²) >= 11 is 5.90. The molecule has 3 aromatic carbocycles. The van der Waals surface area contributed by atoms with Crippen LogP contribution in [0.1, 0.15) is 23.2 Å². The summed E-state index contributed by atoms with van der Waals surface area (Å²) in [5.41, 5.74) is 6.92. The molecule has 0 unspecified atom stereocenters. The van der Waals surface area contributed by atoms with Gasteiger partial charge in [0.15, 0.2) is 11.5 Å². The van der Waals surface area contributed by atoms with Gasteiger partial charge in [0.2, 0.25) is 5.91 Å². The second-order valence-electron chi connectivity index (χ2n) is 7.79. The van der Waals surface area contributed by atoms with Crippen LogP contribution in [-0.2, 0) is 0 Å². The summed E-state index contributed by atoms with van der Waals surface area (Å²) in [4.78, 5) is 19.8. The van der Waals surface area contributed by atoms with Gasteiger partial charge in [-0.05, 0) is 61.4 Å². The Morgan fingerprint density at radius 1 is 1.00 bits per heavy atom. The molecule has 36 heavy (non-hydrogen) atoms. The van der Waals surface area contributed by atoms with Crippen LogP contribution in [0.5, 0.6) is 17.2 Å². The molecule has 0 saturated carbocycles. The Labute approximate surface area is 212 Å². The highest BCUT2D eigenvalue weighted by molar-refractivity contribution is 6.31. The quantitative estimate of drug-likeness (QED) is 0.256. The molecule has 1 amide bonds. The van der Waals surface area contributed by atoms with Crippen LogP contribution >= 0.6 is 11.6 Å². The Morgan fingerprint density at radius 2 is 1.75 bits per heavy atom. The smallest absolute Gasteiger partial charge is 0.248 e. The Hall–Kier alpha value is -4.11. The van der Waals surface area contributed by atoms with Crippen molar-refractivity contribution < 1.29 is 23.4 Å². The predicted octanol–water partition coefficient (Wildman–Crippen LogP) is 5.51. The highest BCUT2D eigenvalue weighted by Crippen LogP contribution is 2.35. The van der Waals surface area contributed by atoms with Gasteiger partial charge >= 0.3 is 0 Å². The van der Waals surface area contributed by atoms with Crippen molar-refractivity contribution in [3.8, 4) is 17.2 Å². The third-order valence-electron chi connectivity index (χ3n) is 5.31. The van der Waals surface area contributed by atoms with Gasteiger partial charge < -0.3 is 25.3 Å². The number of methoxy groups -OCH3 is 1. The van der Waals surface area contributed by atoms with Crippen LogP contribution in [0, 0.1) is 5.82 Å². The number of nitrogens with one attached hydrogen (secondary N) is 1. The van der Waals surface area contributed by atoms with Gasteiger partial charge in [-0.15, -0.1) is 0 Å². The maximum Gasteiger partial charge on any atom is 0.248 e. The first-order valence-corrected chi connectivity index (χ1v) is 11.5. The number of nitrogens with zero attached hydrogens (tertiary/aromatic N) is 2. The van der Waals surface area contributed by atoms with E-state index in [0.717, 1.165) is 12.8 Å². The number of aromatic nitrogens is 2. The van der Waals surface area contributed by atoms with E-state index >= 15 is 0 Å². The standard InChI is InChI=1S/C26H24ClFN4O4/c1-34-23-14-22-19(26(31-15-30-22)32-17-6-9-21(28)20(27)12-17)13-24(23)36-11-3-2-10-35-18-7-4-16(5-8-18)25(29)33/h4-9,12-15H,2-3,10-11H2,1H3,(H2,29,33)(H,30,31,32). The van der Waals surface area contributed by atoms with E-state index in [2.05, 4.69) is 15.3 Å². The number of anilines is 2. The molecule has 0 spiro atoms. The number of unbranched alkanes of at least 4 members (excludes halogenated alkanes) is 1. The molecule has 0 aliphatic rings. The summed E-state index contributed by atoms with van der Waals surface area (Å²) in [6, 6.07) is 14.6. The van der Waals surface area contributed by atoms with E-state index in [1.165, 1.54) is 18.5 Å². The zero-order valence-corrected chi connectivity index (χ0v) is 20.2. The summed E-state index contributed by atoms with van der Waals surface area (Å²) in [6.07, 6.45) is 2.93. The Bertz CT molecular complexity index is 1370. The number of halogens is 2. The molecule has 3 N–H and O–H groups in total. The number of amides is 1. The van der Waals surface area contributed by atoms with Crippen LogP contribution in [0.3, 0.4) is 0 Å². The lowest BCUT2D eigenvalue weighted by Gasteiger charge is -2.14. The lowest BCUT2D eigenvalue weighted by molar-refractivity contribution is 0.1000. The minimum Gasteiger partial charge on any atom is -0.494 e. The molecule has 0 saturated heterocycles. The molecule has 10 heteroatoms. The highest BCUT2D eigenvalue weighted by Gasteiger charge is 2.13. The van der Waals surface area contributed by atoms with Crippen molar-refractivity contribution in [1.82, 2.24) is 9.97 Å². The molecular formula is C26H24ClFN4O4. The molecule has 4 aromatic rings. The van der Waals surface area contributed by atoms with Gasteiger partial charge in [-0.3, -0.25) is 4.79 Å². The fraction of sp³-hybridized carbons (Fsp3) is 0.192. The number of rotatable bonds is 11. The average molecular weight is 511 g/mol. The van der Waals surface area contributed by atoms with E-state index in [1.807, 2.05) is 0 Å². The lowest BCUT2D eigenvalue weighted by Crippen LogP contribution is -2.10. The molecular weight excluding hydrogens is 487 g/mol. The third kappa shape index (κ3) is 6.11. The molecule has 0 fully saturated rings. The van der Waals surface area contributed by atoms with E-state index < -0.39 is 11.7 Å². The number of nitrogens with two attached hydrogens (primary N) is 1. The van der Waals surface area contributed by atoms with Gasteiger partial charge in [0.25, 0.3) is 0 Å². The van der Waals surface area contributed by atoms with Crippen molar-refractivity contribution in [2.45, 2.75) is 12.8 Å². The molecule has 0 bridgehead atoms. The van der Waals surface area contributed by atoms with E-state index in [0.29, 0.717) is 58.4 Å². The fourth-order valence-electron chi connectivity index (χ4n) is 3.44. The van der Waals surface area contributed by atoms with Gasteiger partial charge in [0.05, 0.1) is 30.9 Å². The largest absolute Gasteiger partial charge is 0.494 e. The van der Waals surface area contributed by atoms with Crippen molar-refractivity contribution in [2.24, 2.45) is 5.73 Å². The summed E-state index contributed by atoms with van der Waals surface area (Å²) in [5.74, 6) is 1.30. The topological polar surface area (TPSA) is 109 Å². The third-order valence-corrected chi connectivity index (χ3v) is 5.60. The average Bonchev–Trinajstić information content (AvgIpc) is 2.88. The Morgan fingerprint density at radius 3 is 2.44 bits per heavy atom. The zero-order valence-electron chi connectivity index (χ0n) is 19.5. The van der Waals surface area contributed by atoms with Gasteiger partial charge in [-0.2, -0.15) is 0 Å². The molecule has 0 aliphatic heterocycles. The number of carbonyl (C=O) groups excluding carboxylic acids is 1. The highest BCUT2D eigenvalue weighted by atomic mass is 35.5. The molecule has 0 atom stereocenters. The lowest BCUT2D eigenvalue weighted by atomic mass is 10.2. The molecule has 186 valence electrons. The van der Waals surface area contributed by atoms with Crippen molar-refractivity contribution >= 4 is 39.9 Å². The molecule has 4 rings (SSSR count). The van der Waals surface area contributed by atoms with Crippen molar-refractivity contribution in [3.63, 3.8) is 0 Å². The molecule has 8 nitrogen and oxygen atoms in total. The summed E-state index contributed by atoms with van der Waals surface area (Å²) in [5, 5.41) is 3.86. The SMILES string of the molecule is COc1cc2ncnc(Nc3ccc(F)c(Cl)c3)c2cc1OCCCCOc1ccc(C(N)=O)cc1. The number of fused-ring (bicyclic) bond motifs is 1. The maximum absolute atomic E-state index is 13.5. The molecule has 1 aromatic heterocycles. The number of carbonyl (C=O) groups is 1. The maximum atomic E-state index is 13.5. The van der Waals surface area contributed by atoms with Crippen molar-refractivity contribution in [3.05, 3.63) is 77.3 Å². The first kappa shape index (κ1) is 25.0. The van der Waals surface area contributed by atoms with Crippen LogP contribution in [-0.4, -0.2) is 36.2 Å². The summed E-state index contributed by atoms with van der Waals surface area (Å²) in [7, 11) is 1.56. The fourth-order valence-corrected chi connectivity index (χ4v) is 3.62. The van der Waals surface area contributed by atoms with E-state index in [9.17, 15) is 9.18 Å². The number of hydrogen-bond acceptors (Lipinski definition) is 7. The van der Waals surface area contributed by atoms with Crippen LogP contribution in [0.2, 0.25) is 5.02 Å². The number of benzene rings is 3. The first-order chi connectivity index (χ1) is 17.4. The molecule has 1 heterocycles. The summed E-state index contributed by atoms with van der Waals surface area (Å²) in [6.45, 7) is 0.937. The monoisotopic (exact) mass is 510 g/mol. The number of primary amides is 1. The minimum absolute atomic E-state index is 0.00992. The Kier molecular flexibility index (Phi) is 8.02. The van der Waals surface area contributed by atoms with Crippen LogP contribution < -0.4 is 25.3 Å². The van der Waals surface area contributed by atoms with Crippen LogP contribution in [0.25, 0.3) is 10.9 Å².